The smallest absolute Gasteiger partial charge is 0.191 e. The summed E-state index contributed by atoms with van der Waals surface area (Å²) in [7, 11) is 0. The molecule has 1 saturated heterocycles. The summed E-state index contributed by atoms with van der Waals surface area (Å²) in [5.74, 6) is 1.23. The van der Waals surface area contributed by atoms with Crippen LogP contribution in [-0.4, -0.2) is 56.9 Å². The highest BCUT2D eigenvalue weighted by Crippen LogP contribution is 1.97. The van der Waals surface area contributed by atoms with E-state index in [1.54, 1.807) is 0 Å². The molecule has 1 fully saturated rings. The summed E-state index contributed by atoms with van der Waals surface area (Å²) in [5.41, 5.74) is 5.89. The Morgan fingerprint density at radius 2 is 2.12 bits per heavy atom. The standard InChI is InChI=1S/C12H25N3O2/c1-11(2)10-17-7-3-4-14-12(13)15-5-8-16-9-6-15/h11H,3-10H2,1-2H3,(H2,13,14). The number of aliphatic imine (C=N–C) groups is 1. The monoisotopic (exact) mass is 243 g/mol. The topological polar surface area (TPSA) is 60.1 Å². The van der Waals surface area contributed by atoms with Crippen molar-refractivity contribution in [2.24, 2.45) is 16.6 Å². The lowest BCUT2D eigenvalue weighted by Gasteiger charge is -2.27. The fraction of sp³-hybridized carbons (Fsp3) is 0.917. The minimum absolute atomic E-state index is 0.594. The molecule has 0 amide bonds. The first kappa shape index (κ1) is 14.3. The first-order valence-electron chi connectivity index (χ1n) is 6.40. The zero-order valence-electron chi connectivity index (χ0n) is 11.0. The number of morpholine rings is 1. The SMILES string of the molecule is CC(C)COCCCN=C(N)N1CCOCC1. The van der Waals surface area contributed by atoms with Crippen molar-refractivity contribution in [3.05, 3.63) is 0 Å². The van der Waals surface area contributed by atoms with Gasteiger partial charge in [-0.1, -0.05) is 13.8 Å². The van der Waals surface area contributed by atoms with Crippen LogP contribution in [0, 0.1) is 5.92 Å². The van der Waals surface area contributed by atoms with Crippen molar-refractivity contribution >= 4 is 5.96 Å². The van der Waals surface area contributed by atoms with Crippen LogP contribution < -0.4 is 5.73 Å². The summed E-state index contributed by atoms with van der Waals surface area (Å²) < 4.78 is 10.7. The van der Waals surface area contributed by atoms with E-state index in [0.717, 1.165) is 52.5 Å². The number of guanidine groups is 1. The van der Waals surface area contributed by atoms with Gasteiger partial charge in [0.2, 0.25) is 0 Å². The molecule has 0 aromatic carbocycles. The molecule has 100 valence electrons. The molecule has 0 spiro atoms. The molecule has 1 rings (SSSR count). The Labute approximate surface area is 104 Å². The molecular formula is C12H25N3O2. The number of ether oxygens (including phenoxy) is 2. The fourth-order valence-electron chi connectivity index (χ4n) is 1.57. The largest absolute Gasteiger partial charge is 0.381 e. The van der Waals surface area contributed by atoms with Crippen molar-refractivity contribution < 1.29 is 9.47 Å². The summed E-state index contributed by atoms with van der Waals surface area (Å²) in [6.45, 7) is 9.80. The van der Waals surface area contributed by atoms with E-state index < -0.39 is 0 Å². The van der Waals surface area contributed by atoms with E-state index in [1.807, 2.05) is 0 Å². The molecular weight excluding hydrogens is 218 g/mol. The Bertz CT molecular complexity index is 226. The Morgan fingerprint density at radius 1 is 1.41 bits per heavy atom. The molecule has 0 atom stereocenters. The number of hydrogen-bond acceptors (Lipinski definition) is 3. The van der Waals surface area contributed by atoms with Gasteiger partial charge in [-0.3, -0.25) is 4.99 Å². The minimum Gasteiger partial charge on any atom is -0.381 e. The van der Waals surface area contributed by atoms with Crippen LogP contribution in [0.25, 0.3) is 0 Å². The summed E-state index contributed by atoms with van der Waals surface area (Å²) in [6, 6.07) is 0. The molecule has 0 aromatic heterocycles. The van der Waals surface area contributed by atoms with Crippen molar-refractivity contribution in [1.29, 1.82) is 0 Å². The van der Waals surface area contributed by atoms with Crippen LogP contribution in [0.4, 0.5) is 0 Å². The second-order valence-corrected chi connectivity index (χ2v) is 4.66. The van der Waals surface area contributed by atoms with Crippen LogP contribution >= 0.6 is 0 Å². The van der Waals surface area contributed by atoms with E-state index >= 15 is 0 Å². The molecule has 0 unspecified atom stereocenters. The average Bonchev–Trinajstić information content (AvgIpc) is 2.34. The first-order chi connectivity index (χ1) is 8.20. The Kier molecular flexibility index (Phi) is 6.96. The Balaban J connectivity index is 2.06. The van der Waals surface area contributed by atoms with E-state index in [4.69, 9.17) is 15.2 Å². The van der Waals surface area contributed by atoms with Gasteiger partial charge in [-0.2, -0.15) is 0 Å². The van der Waals surface area contributed by atoms with Crippen molar-refractivity contribution in [2.45, 2.75) is 20.3 Å². The minimum atomic E-state index is 0.594. The van der Waals surface area contributed by atoms with E-state index in [0.29, 0.717) is 11.9 Å². The van der Waals surface area contributed by atoms with E-state index in [1.165, 1.54) is 0 Å². The lowest BCUT2D eigenvalue weighted by Crippen LogP contribution is -2.44. The maximum atomic E-state index is 5.89. The summed E-state index contributed by atoms with van der Waals surface area (Å²) in [4.78, 5) is 6.42. The van der Waals surface area contributed by atoms with Gasteiger partial charge in [-0.25, -0.2) is 0 Å². The summed E-state index contributed by atoms with van der Waals surface area (Å²) >= 11 is 0. The normalized spacial score (nSPS) is 17.8. The molecule has 5 heteroatoms. The lowest BCUT2D eigenvalue weighted by molar-refractivity contribution is 0.0673. The van der Waals surface area contributed by atoms with E-state index in [9.17, 15) is 0 Å². The molecule has 17 heavy (non-hydrogen) atoms. The molecule has 5 nitrogen and oxygen atoms in total. The van der Waals surface area contributed by atoms with Crippen LogP contribution in [0.15, 0.2) is 4.99 Å². The number of hydrogen-bond donors (Lipinski definition) is 1. The zero-order chi connectivity index (χ0) is 12.5. The molecule has 2 N–H and O–H groups in total. The van der Waals surface area contributed by atoms with Crippen molar-refractivity contribution in [3.8, 4) is 0 Å². The maximum absolute atomic E-state index is 5.89. The zero-order valence-corrected chi connectivity index (χ0v) is 11.0. The average molecular weight is 243 g/mol. The highest BCUT2D eigenvalue weighted by atomic mass is 16.5. The molecule has 1 aliphatic rings. The van der Waals surface area contributed by atoms with Gasteiger partial charge in [0, 0.05) is 32.8 Å². The first-order valence-corrected chi connectivity index (χ1v) is 6.40. The van der Waals surface area contributed by atoms with Gasteiger partial charge in [-0.15, -0.1) is 0 Å². The predicted molar refractivity (Wildman–Crippen MR) is 69.2 cm³/mol. The molecule has 1 aliphatic heterocycles. The molecule has 0 saturated carbocycles. The number of nitrogens with two attached hydrogens (primary N) is 1. The van der Waals surface area contributed by atoms with Crippen LogP contribution in [0.3, 0.4) is 0 Å². The van der Waals surface area contributed by atoms with Gasteiger partial charge >= 0.3 is 0 Å². The lowest BCUT2D eigenvalue weighted by atomic mass is 10.2. The third-order valence-electron chi connectivity index (χ3n) is 2.51. The van der Waals surface area contributed by atoms with Gasteiger partial charge in [0.15, 0.2) is 5.96 Å². The number of nitrogens with zero attached hydrogens (tertiary/aromatic N) is 2. The van der Waals surface area contributed by atoms with E-state index in [2.05, 4.69) is 23.7 Å². The molecule has 0 aliphatic carbocycles. The quantitative estimate of drug-likeness (QED) is 0.424. The third kappa shape index (κ3) is 6.48. The molecule has 0 aromatic rings. The van der Waals surface area contributed by atoms with E-state index in [-0.39, 0.29) is 0 Å². The Hall–Kier alpha value is -0.810. The van der Waals surface area contributed by atoms with Crippen LogP contribution in [0.5, 0.6) is 0 Å². The maximum Gasteiger partial charge on any atom is 0.191 e. The fourth-order valence-corrected chi connectivity index (χ4v) is 1.57. The molecule has 1 heterocycles. The molecule has 0 radical (unpaired) electrons. The third-order valence-corrected chi connectivity index (χ3v) is 2.51. The van der Waals surface area contributed by atoms with Gasteiger partial charge in [0.25, 0.3) is 0 Å². The van der Waals surface area contributed by atoms with Gasteiger partial charge in [0.1, 0.15) is 0 Å². The highest BCUT2D eigenvalue weighted by molar-refractivity contribution is 5.78. The van der Waals surface area contributed by atoms with Crippen molar-refractivity contribution in [2.75, 3.05) is 46.1 Å². The second-order valence-electron chi connectivity index (χ2n) is 4.66. The van der Waals surface area contributed by atoms with Gasteiger partial charge < -0.3 is 20.1 Å². The van der Waals surface area contributed by atoms with Crippen molar-refractivity contribution in [3.63, 3.8) is 0 Å². The second kappa shape index (κ2) is 8.31. The highest BCUT2D eigenvalue weighted by Gasteiger charge is 2.11. The van der Waals surface area contributed by atoms with Gasteiger partial charge in [-0.05, 0) is 12.3 Å². The van der Waals surface area contributed by atoms with Crippen LogP contribution in [-0.2, 0) is 9.47 Å². The molecule has 0 bridgehead atoms. The van der Waals surface area contributed by atoms with Crippen LogP contribution in [0.2, 0.25) is 0 Å². The van der Waals surface area contributed by atoms with Crippen LogP contribution in [0.1, 0.15) is 20.3 Å². The summed E-state index contributed by atoms with van der Waals surface area (Å²) in [6.07, 6.45) is 0.928. The van der Waals surface area contributed by atoms with Gasteiger partial charge in [0.05, 0.1) is 13.2 Å². The van der Waals surface area contributed by atoms with Crippen molar-refractivity contribution in [1.82, 2.24) is 4.90 Å². The summed E-state index contributed by atoms with van der Waals surface area (Å²) in [5, 5.41) is 0. The predicted octanol–water partition coefficient (Wildman–Crippen LogP) is 0.696. The number of rotatable bonds is 6. The Morgan fingerprint density at radius 3 is 2.76 bits per heavy atom.